The lowest BCUT2D eigenvalue weighted by molar-refractivity contribution is 0.0856. The summed E-state index contributed by atoms with van der Waals surface area (Å²) in [4.78, 5) is 29.9. The Hall–Kier alpha value is -1.92. The number of ether oxygens (including phenoxy) is 1. The highest BCUT2D eigenvalue weighted by Crippen LogP contribution is 2.26. The van der Waals surface area contributed by atoms with Crippen LogP contribution in [-0.2, 0) is 6.54 Å². The van der Waals surface area contributed by atoms with Crippen molar-refractivity contribution in [3.05, 3.63) is 50.8 Å². The molecule has 0 saturated heterocycles. The second-order valence-electron chi connectivity index (χ2n) is 6.59. The van der Waals surface area contributed by atoms with Gasteiger partial charge in [-0.05, 0) is 58.5 Å². The van der Waals surface area contributed by atoms with Crippen LogP contribution in [0.2, 0.25) is 0 Å². The minimum absolute atomic E-state index is 0.0322. The van der Waals surface area contributed by atoms with E-state index in [1.165, 1.54) is 6.92 Å². The van der Waals surface area contributed by atoms with E-state index in [-0.39, 0.29) is 17.6 Å². The van der Waals surface area contributed by atoms with Crippen LogP contribution < -0.4 is 4.74 Å². The molecule has 0 bridgehead atoms. The number of carbonyl (C=O) groups excluding carboxylic acids is 2. The Balaban J connectivity index is 2.25. The molecule has 0 saturated carbocycles. The zero-order valence-electron chi connectivity index (χ0n) is 16.1. The highest BCUT2D eigenvalue weighted by molar-refractivity contribution is 9.10. The summed E-state index contributed by atoms with van der Waals surface area (Å²) in [5, 5.41) is 0. The van der Waals surface area contributed by atoms with E-state index in [1.807, 2.05) is 50.9 Å². The molecule has 1 N–H and O–H groups in total. The zero-order valence-corrected chi connectivity index (χ0v) is 17.7. The molecule has 6 heteroatoms. The lowest BCUT2D eigenvalue weighted by Crippen LogP contribution is -2.36. The van der Waals surface area contributed by atoms with Gasteiger partial charge in [-0.3, -0.25) is 14.5 Å². The Morgan fingerprint density at radius 1 is 1.31 bits per heavy atom. The number of hydrogen-bond donors (Lipinski definition) is 1. The van der Waals surface area contributed by atoms with Gasteiger partial charge in [0, 0.05) is 27.8 Å². The van der Waals surface area contributed by atoms with Crippen molar-refractivity contribution in [1.29, 1.82) is 0 Å². The van der Waals surface area contributed by atoms with Crippen molar-refractivity contribution in [2.75, 3.05) is 14.2 Å². The predicted molar refractivity (Wildman–Crippen MR) is 106 cm³/mol. The molecule has 1 aromatic heterocycles. The number of halogens is 1. The smallest absolute Gasteiger partial charge is 0.196 e. The van der Waals surface area contributed by atoms with E-state index in [1.54, 1.807) is 7.11 Å². The van der Waals surface area contributed by atoms with Gasteiger partial charge in [0.25, 0.3) is 0 Å². The van der Waals surface area contributed by atoms with Crippen LogP contribution in [-0.4, -0.2) is 41.6 Å². The van der Waals surface area contributed by atoms with Gasteiger partial charge in [0.15, 0.2) is 11.6 Å². The Morgan fingerprint density at radius 3 is 2.50 bits per heavy atom. The fourth-order valence-electron chi connectivity index (χ4n) is 3.21. The molecule has 1 heterocycles. The van der Waals surface area contributed by atoms with Gasteiger partial charge in [-0.25, -0.2) is 0 Å². The number of methoxy groups -OCH3 is 1. The fraction of sp³-hybridized carbons (Fsp3) is 0.400. The minimum Gasteiger partial charge on any atom is -0.496 e. The lowest BCUT2D eigenvalue weighted by Gasteiger charge is -2.24. The van der Waals surface area contributed by atoms with Crippen LogP contribution in [0.15, 0.2) is 22.7 Å². The molecule has 26 heavy (non-hydrogen) atoms. The van der Waals surface area contributed by atoms with Crippen LogP contribution in [0, 0.1) is 13.8 Å². The van der Waals surface area contributed by atoms with Gasteiger partial charge in [-0.1, -0.05) is 15.9 Å². The number of H-pyrrole nitrogens is 1. The maximum absolute atomic E-state index is 13.0. The third-order valence-electron chi connectivity index (χ3n) is 4.74. The monoisotopic (exact) mass is 420 g/mol. The van der Waals surface area contributed by atoms with Gasteiger partial charge in [0.05, 0.1) is 18.8 Å². The summed E-state index contributed by atoms with van der Waals surface area (Å²) in [5.41, 5.74) is 3.57. The van der Waals surface area contributed by atoms with Crippen LogP contribution in [0.1, 0.15) is 51.5 Å². The first-order valence-electron chi connectivity index (χ1n) is 8.44. The first-order valence-corrected chi connectivity index (χ1v) is 9.23. The van der Waals surface area contributed by atoms with E-state index in [0.29, 0.717) is 17.8 Å². The number of hydrogen-bond acceptors (Lipinski definition) is 4. The normalized spacial score (nSPS) is 12.3. The van der Waals surface area contributed by atoms with Gasteiger partial charge in [0.2, 0.25) is 0 Å². The highest BCUT2D eigenvalue weighted by Gasteiger charge is 2.26. The molecule has 0 spiro atoms. The number of rotatable bonds is 7. The number of carbonyl (C=O) groups is 2. The van der Waals surface area contributed by atoms with Crippen molar-refractivity contribution >= 4 is 27.5 Å². The summed E-state index contributed by atoms with van der Waals surface area (Å²) >= 11 is 3.47. The Morgan fingerprint density at radius 2 is 1.96 bits per heavy atom. The summed E-state index contributed by atoms with van der Waals surface area (Å²) in [6.07, 6.45) is 0. The number of nitrogens with one attached hydrogen (secondary N) is 1. The third-order valence-corrected chi connectivity index (χ3v) is 5.23. The number of aryl methyl sites for hydroxylation is 1. The fourth-order valence-corrected chi connectivity index (χ4v) is 3.62. The van der Waals surface area contributed by atoms with Gasteiger partial charge >= 0.3 is 0 Å². The summed E-state index contributed by atoms with van der Waals surface area (Å²) in [5.74, 6) is 0.718. The van der Waals surface area contributed by atoms with E-state index < -0.39 is 0 Å². The summed E-state index contributed by atoms with van der Waals surface area (Å²) in [7, 11) is 3.54. The second kappa shape index (κ2) is 8.18. The minimum atomic E-state index is -0.352. The molecule has 0 aliphatic rings. The molecular weight excluding hydrogens is 396 g/mol. The number of benzene rings is 1. The van der Waals surface area contributed by atoms with E-state index in [4.69, 9.17) is 4.74 Å². The molecule has 140 valence electrons. The van der Waals surface area contributed by atoms with Crippen molar-refractivity contribution < 1.29 is 14.3 Å². The highest BCUT2D eigenvalue weighted by atomic mass is 79.9. The average Bonchev–Trinajstić information content (AvgIpc) is 2.88. The number of ketones is 2. The number of aromatic amines is 1. The summed E-state index contributed by atoms with van der Waals surface area (Å²) < 4.78 is 6.38. The zero-order chi connectivity index (χ0) is 19.6. The summed E-state index contributed by atoms with van der Waals surface area (Å²) in [6.45, 7) is 7.59. The maximum Gasteiger partial charge on any atom is 0.196 e. The molecule has 0 fully saturated rings. The molecule has 5 nitrogen and oxygen atoms in total. The molecule has 1 aromatic carbocycles. The predicted octanol–water partition coefficient (Wildman–Crippen LogP) is 4.31. The number of nitrogens with zero attached hydrogens (tertiary/aromatic N) is 1. The van der Waals surface area contributed by atoms with Crippen molar-refractivity contribution in [3.63, 3.8) is 0 Å². The van der Waals surface area contributed by atoms with Crippen molar-refractivity contribution in [3.8, 4) is 5.75 Å². The van der Waals surface area contributed by atoms with Crippen LogP contribution in [0.3, 0.4) is 0 Å². The third kappa shape index (κ3) is 4.07. The van der Waals surface area contributed by atoms with Gasteiger partial charge in [-0.2, -0.15) is 0 Å². The largest absolute Gasteiger partial charge is 0.496 e. The number of likely N-dealkylation sites (N-methyl/N-ethyl adjacent to an activating group) is 1. The van der Waals surface area contributed by atoms with Gasteiger partial charge in [-0.15, -0.1) is 0 Å². The number of Topliss-reactive ketones (excluding diaryl/α,β-unsaturated/α-hetero) is 2. The molecule has 0 radical (unpaired) electrons. The molecule has 0 unspecified atom stereocenters. The molecule has 0 aliphatic heterocycles. The van der Waals surface area contributed by atoms with E-state index in [9.17, 15) is 9.59 Å². The Bertz CT molecular complexity index is 842. The lowest BCUT2D eigenvalue weighted by atomic mass is 10.0. The SMILES string of the molecule is COc1ccc(Br)cc1CN(C)[C@H](C)C(=O)c1[nH]c(C)c(C(C)=O)c1C. The van der Waals surface area contributed by atoms with Crippen LogP contribution in [0.4, 0.5) is 0 Å². The first kappa shape index (κ1) is 20.4. The van der Waals surface area contributed by atoms with Crippen LogP contribution in [0.5, 0.6) is 5.75 Å². The Kier molecular flexibility index (Phi) is 6.42. The standard InChI is InChI=1S/C20H25BrN2O3/c1-11-18(14(4)24)12(2)22-19(11)20(25)13(3)23(5)10-15-9-16(21)7-8-17(15)26-6/h7-9,13,22H,10H2,1-6H3/t13-/m1/s1. The molecule has 2 rings (SSSR count). The molecule has 0 amide bonds. The van der Waals surface area contributed by atoms with E-state index >= 15 is 0 Å². The average molecular weight is 421 g/mol. The first-order chi connectivity index (χ1) is 12.2. The van der Waals surface area contributed by atoms with Crippen LogP contribution in [0.25, 0.3) is 0 Å². The van der Waals surface area contributed by atoms with Gasteiger partial charge in [0.1, 0.15) is 5.75 Å². The Labute approximate surface area is 162 Å². The van der Waals surface area contributed by atoms with Crippen LogP contribution >= 0.6 is 15.9 Å². The topological polar surface area (TPSA) is 62.4 Å². The molecule has 2 aromatic rings. The van der Waals surface area contributed by atoms with E-state index in [0.717, 1.165) is 27.0 Å². The molecular formula is C20H25BrN2O3. The van der Waals surface area contributed by atoms with Gasteiger partial charge < -0.3 is 9.72 Å². The molecule has 0 aliphatic carbocycles. The summed E-state index contributed by atoms with van der Waals surface area (Å²) in [6, 6.07) is 5.46. The van der Waals surface area contributed by atoms with Crippen molar-refractivity contribution in [1.82, 2.24) is 9.88 Å². The number of aromatic nitrogens is 1. The second-order valence-corrected chi connectivity index (χ2v) is 7.51. The molecule has 1 atom stereocenters. The van der Waals surface area contributed by atoms with Crippen molar-refractivity contribution in [2.45, 2.75) is 40.3 Å². The maximum atomic E-state index is 13.0. The van der Waals surface area contributed by atoms with Crippen molar-refractivity contribution in [2.24, 2.45) is 0 Å². The quantitative estimate of drug-likeness (QED) is 0.677. The van der Waals surface area contributed by atoms with E-state index in [2.05, 4.69) is 20.9 Å².